The summed E-state index contributed by atoms with van der Waals surface area (Å²) in [6.45, 7) is 9.04. The Morgan fingerprint density at radius 3 is 2.47 bits per heavy atom. The van der Waals surface area contributed by atoms with E-state index in [1.807, 2.05) is 6.92 Å². The van der Waals surface area contributed by atoms with E-state index in [1.165, 1.54) is 4.88 Å². The van der Waals surface area contributed by atoms with E-state index in [4.69, 9.17) is 5.73 Å². The molecule has 2 N–H and O–H groups in total. The molecule has 1 rings (SSSR count). The lowest BCUT2D eigenvalue weighted by molar-refractivity contribution is 0.373. The number of nitrogens with two attached hydrogens (primary N) is 1. The summed E-state index contributed by atoms with van der Waals surface area (Å²) in [5.41, 5.74) is 6.78. The standard InChI is InChI=1S/C12H24N4S/c1-6-16(9(2)8-15(4)5)12-14-10(3)11(7-13)17-12/h9H,6-8,13H2,1-5H3. The third kappa shape index (κ3) is 3.66. The van der Waals surface area contributed by atoms with E-state index in [9.17, 15) is 0 Å². The summed E-state index contributed by atoms with van der Waals surface area (Å²) < 4.78 is 0. The number of hydrogen-bond donors (Lipinski definition) is 1. The highest BCUT2D eigenvalue weighted by Gasteiger charge is 2.18. The fourth-order valence-corrected chi connectivity index (χ4v) is 3.09. The molecule has 0 radical (unpaired) electrons. The Balaban J connectivity index is 2.85. The molecule has 0 aliphatic carbocycles. The van der Waals surface area contributed by atoms with E-state index in [1.54, 1.807) is 11.3 Å². The highest BCUT2D eigenvalue weighted by molar-refractivity contribution is 7.15. The van der Waals surface area contributed by atoms with Crippen molar-refractivity contribution < 1.29 is 0 Å². The third-order valence-corrected chi connectivity index (χ3v) is 4.03. The Morgan fingerprint density at radius 1 is 1.41 bits per heavy atom. The molecule has 0 spiro atoms. The lowest BCUT2D eigenvalue weighted by Crippen LogP contribution is -2.40. The van der Waals surface area contributed by atoms with Crippen molar-refractivity contribution in [3.8, 4) is 0 Å². The summed E-state index contributed by atoms with van der Waals surface area (Å²) in [6.07, 6.45) is 0. The smallest absolute Gasteiger partial charge is 0.186 e. The molecule has 0 fully saturated rings. The predicted octanol–water partition coefficient (Wildman–Crippen LogP) is 1.69. The van der Waals surface area contributed by atoms with Gasteiger partial charge in [-0.2, -0.15) is 0 Å². The highest BCUT2D eigenvalue weighted by Crippen LogP contribution is 2.27. The van der Waals surface area contributed by atoms with Crippen molar-refractivity contribution in [3.05, 3.63) is 10.6 Å². The van der Waals surface area contributed by atoms with Gasteiger partial charge in [0.2, 0.25) is 0 Å². The van der Waals surface area contributed by atoms with Crippen LogP contribution < -0.4 is 10.6 Å². The second kappa shape index (κ2) is 6.33. The van der Waals surface area contributed by atoms with Crippen LogP contribution in [0, 0.1) is 6.92 Å². The van der Waals surface area contributed by atoms with Gasteiger partial charge in [-0.1, -0.05) is 0 Å². The molecule has 0 amide bonds. The molecule has 98 valence electrons. The molecule has 0 saturated carbocycles. The van der Waals surface area contributed by atoms with Crippen LogP contribution in [0.25, 0.3) is 0 Å². The number of thiazole rings is 1. The van der Waals surface area contributed by atoms with Crippen LogP contribution >= 0.6 is 11.3 Å². The van der Waals surface area contributed by atoms with Gasteiger partial charge in [-0.25, -0.2) is 4.98 Å². The van der Waals surface area contributed by atoms with Crippen LogP contribution in [-0.2, 0) is 6.54 Å². The van der Waals surface area contributed by atoms with Gasteiger partial charge in [0, 0.05) is 30.6 Å². The molecule has 1 atom stereocenters. The van der Waals surface area contributed by atoms with Gasteiger partial charge in [0.05, 0.1) is 5.69 Å². The van der Waals surface area contributed by atoms with Gasteiger partial charge in [-0.15, -0.1) is 11.3 Å². The van der Waals surface area contributed by atoms with Crippen molar-refractivity contribution in [1.82, 2.24) is 9.88 Å². The molecule has 0 bridgehead atoms. The third-order valence-electron chi connectivity index (χ3n) is 2.81. The first-order valence-electron chi connectivity index (χ1n) is 6.07. The zero-order valence-corrected chi connectivity index (χ0v) is 12.3. The average Bonchev–Trinajstić information content (AvgIpc) is 2.59. The Kier molecular flexibility index (Phi) is 5.36. The molecular weight excluding hydrogens is 232 g/mol. The fourth-order valence-electron chi connectivity index (χ4n) is 1.99. The molecule has 1 heterocycles. The van der Waals surface area contributed by atoms with E-state index in [2.05, 4.69) is 42.7 Å². The summed E-state index contributed by atoms with van der Waals surface area (Å²) >= 11 is 1.72. The second-order valence-corrected chi connectivity index (χ2v) is 5.67. The normalized spacial score (nSPS) is 13.1. The zero-order chi connectivity index (χ0) is 13.0. The average molecular weight is 256 g/mol. The van der Waals surface area contributed by atoms with Gasteiger partial charge in [0.25, 0.3) is 0 Å². The lowest BCUT2D eigenvalue weighted by atomic mass is 10.3. The van der Waals surface area contributed by atoms with E-state index < -0.39 is 0 Å². The van der Waals surface area contributed by atoms with Crippen molar-refractivity contribution in [1.29, 1.82) is 0 Å². The van der Waals surface area contributed by atoms with E-state index >= 15 is 0 Å². The molecular formula is C12H24N4S. The van der Waals surface area contributed by atoms with Crippen LogP contribution in [0.1, 0.15) is 24.4 Å². The number of nitrogens with zero attached hydrogens (tertiary/aromatic N) is 3. The summed E-state index contributed by atoms with van der Waals surface area (Å²) in [5, 5.41) is 1.10. The molecule has 4 nitrogen and oxygen atoms in total. The van der Waals surface area contributed by atoms with Crippen LogP contribution in [-0.4, -0.2) is 43.1 Å². The zero-order valence-electron chi connectivity index (χ0n) is 11.5. The summed E-state index contributed by atoms with van der Waals surface area (Å²) in [6, 6.07) is 0.464. The first-order valence-corrected chi connectivity index (χ1v) is 6.89. The summed E-state index contributed by atoms with van der Waals surface area (Å²) in [4.78, 5) is 10.4. The van der Waals surface area contributed by atoms with Gasteiger partial charge in [-0.05, 0) is 34.9 Å². The largest absolute Gasteiger partial charge is 0.344 e. The first kappa shape index (κ1) is 14.4. The van der Waals surface area contributed by atoms with Crippen molar-refractivity contribution in [2.45, 2.75) is 33.4 Å². The molecule has 1 aromatic heterocycles. The number of likely N-dealkylation sites (N-methyl/N-ethyl adjacent to an activating group) is 2. The maximum absolute atomic E-state index is 5.71. The second-order valence-electron chi connectivity index (χ2n) is 4.61. The van der Waals surface area contributed by atoms with E-state index in [0.717, 1.165) is 23.9 Å². The van der Waals surface area contributed by atoms with Crippen molar-refractivity contribution in [2.75, 3.05) is 32.1 Å². The number of anilines is 1. The van der Waals surface area contributed by atoms with Gasteiger partial charge in [-0.3, -0.25) is 0 Å². The Labute approximate surface area is 108 Å². The molecule has 0 aliphatic rings. The van der Waals surface area contributed by atoms with Crippen LogP contribution in [0.15, 0.2) is 0 Å². The Bertz CT molecular complexity index is 348. The Hall–Kier alpha value is -0.650. The molecule has 0 aromatic carbocycles. The fraction of sp³-hybridized carbons (Fsp3) is 0.750. The molecule has 17 heavy (non-hydrogen) atoms. The minimum Gasteiger partial charge on any atom is -0.344 e. The minimum atomic E-state index is 0.464. The predicted molar refractivity (Wildman–Crippen MR) is 75.8 cm³/mol. The molecule has 5 heteroatoms. The van der Waals surface area contributed by atoms with Crippen LogP contribution in [0.5, 0.6) is 0 Å². The van der Waals surface area contributed by atoms with E-state index in [0.29, 0.717) is 12.6 Å². The number of hydrogen-bond acceptors (Lipinski definition) is 5. The van der Waals surface area contributed by atoms with Gasteiger partial charge >= 0.3 is 0 Å². The molecule has 0 saturated heterocycles. The molecule has 0 aliphatic heterocycles. The minimum absolute atomic E-state index is 0.464. The van der Waals surface area contributed by atoms with Crippen molar-refractivity contribution in [2.24, 2.45) is 5.73 Å². The highest BCUT2D eigenvalue weighted by atomic mass is 32.1. The maximum Gasteiger partial charge on any atom is 0.186 e. The SMILES string of the molecule is CCN(c1nc(C)c(CN)s1)C(C)CN(C)C. The lowest BCUT2D eigenvalue weighted by Gasteiger charge is -2.29. The van der Waals surface area contributed by atoms with Crippen molar-refractivity contribution >= 4 is 16.5 Å². The molecule has 1 aromatic rings. The number of aromatic nitrogens is 1. The molecule has 1 unspecified atom stereocenters. The topological polar surface area (TPSA) is 45.4 Å². The van der Waals surface area contributed by atoms with Crippen LogP contribution in [0.4, 0.5) is 5.13 Å². The van der Waals surface area contributed by atoms with Gasteiger partial charge < -0.3 is 15.5 Å². The monoisotopic (exact) mass is 256 g/mol. The number of aryl methyl sites for hydroxylation is 1. The van der Waals surface area contributed by atoms with Crippen molar-refractivity contribution in [3.63, 3.8) is 0 Å². The van der Waals surface area contributed by atoms with Gasteiger partial charge in [0.1, 0.15) is 0 Å². The van der Waals surface area contributed by atoms with Gasteiger partial charge in [0.15, 0.2) is 5.13 Å². The maximum atomic E-state index is 5.71. The summed E-state index contributed by atoms with van der Waals surface area (Å²) in [5.74, 6) is 0. The Morgan fingerprint density at radius 2 is 2.06 bits per heavy atom. The summed E-state index contributed by atoms with van der Waals surface area (Å²) in [7, 11) is 4.20. The van der Waals surface area contributed by atoms with E-state index in [-0.39, 0.29) is 0 Å². The first-order chi connectivity index (χ1) is 7.99. The van der Waals surface area contributed by atoms with Crippen LogP contribution in [0.3, 0.4) is 0 Å². The van der Waals surface area contributed by atoms with Crippen LogP contribution in [0.2, 0.25) is 0 Å². The quantitative estimate of drug-likeness (QED) is 0.841. The number of rotatable bonds is 6.